The Morgan fingerprint density at radius 2 is 2.29 bits per heavy atom. The van der Waals surface area contributed by atoms with Crippen molar-refractivity contribution in [1.82, 2.24) is 4.72 Å². The van der Waals surface area contributed by atoms with Gasteiger partial charge in [0.2, 0.25) is 10.0 Å². The molecule has 3 N–H and O–H groups in total. The summed E-state index contributed by atoms with van der Waals surface area (Å²) in [6.45, 7) is 3.40. The van der Waals surface area contributed by atoms with Gasteiger partial charge in [-0.2, -0.15) is 0 Å². The first-order chi connectivity index (χ1) is 9.97. The van der Waals surface area contributed by atoms with Gasteiger partial charge >= 0.3 is 0 Å². The zero-order valence-corrected chi connectivity index (χ0v) is 13.2. The van der Waals surface area contributed by atoms with E-state index in [1.807, 2.05) is 6.92 Å². The zero-order valence-electron chi connectivity index (χ0n) is 12.3. The molecule has 0 aliphatic carbocycles. The van der Waals surface area contributed by atoms with Crippen molar-refractivity contribution in [1.29, 1.82) is 0 Å². The SMILES string of the molecule is COc1ccc(CN)cc1S(=O)(=O)NC(C)C1CCOC1. The van der Waals surface area contributed by atoms with Crippen LogP contribution in [-0.2, 0) is 21.3 Å². The number of nitrogens with two attached hydrogens (primary N) is 1. The minimum atomic E-state index is -3.66. The van der Waals surface area contributed by atoms with Crippen LogP contribution in [0.15, 0.2) is 23.1 Å². The van der Waals surface area contributed by atoms with Crippen LogP contribution in [0.3, 0.4) is 0 Å². The maximum absolute atomic E-state index is 12.6. The number of methoxy groups -OCH3 is 1. The molecular formula is C14H22N2O4S. The van der Waals surface area contributed by atoms with Gasteiger partial charge in [0.1, 0.15) is 10.6 Å². The van der Waals surface area contributed by atoms with E-state index in [9.17, 15) is 8.42 Å². The van der Waals surface area contributed by atoms with Crippen molar-refractivity contribution in [2.24, 2.45) is 11.7 Å². The van der Waals surface area contributed by atoms with Gasteiger partial charge in [-0.25, -0.2) is 13.1 Å². The fourth-order valence-corrected chi connectivity index (χ4v) is 3.94. The second-order valence-corrected chi connectivity index (χ2v) is 6.91. The van der Waals surface area contributed by atoms with Crippen molar-refractivity contribution < 1.29 is 17.9 Å². The molecule has 2 rings (SSSR count). The molecule has 0 bridgehead atoms. The quantitative estimate of drug-likeness (QED) is 0.812. The molecule has 1 aromatic rings. The maximum atomic E-state index is 12.6. The zero-order chi connectivity index (χ0) is 15.5. The normalized spacial score (nSPS) is 20.4. The van der Waals surface area contributed by atoms with Crippen molar-refractivity contribution in [2.75, 3.05) is 20.3 Å². The van der Waals surface area contributed by atoms with Gasteiger partial charge in [0, 0.05) is 25.1 Å². The molecule has 0 amide bonds. The highest BCUT2D eigenvalue weighted by Gasteiger charge is 2.28. The minimum absolute atomic E-state index is 0.124. The highest BCUT2D eigenvalue weighted by molar-refractivity contribution is 7.89. The van der Waals surface area contributed by atoms with Gasteiger partial charge in [-0.15, -0.1) is 0 Å². The molecule has 2 atom stereocenters. The van der Waals surface area contributed by atoms with E-state index in [0.717, 1.165) is 12.0 Å². The van der Waals surface area contributed by atoms with Crippen LogP contribution in [0.2, 0.25) is 0 Å². The Bertz CT molecular complexity index is 583. The predicted octanol–water partition coefficient (Wildman–Crippen LogP) is 0.857. The Morgan fingerprint density at radius 3 is 2.86 bits per heavy atom. The molecular weight excluding hydrogens is 292 g/mol. The first kappa shape index (κ1) is 16.2. The van der Waals surface area contributed by atoms with Crippen LogP contribution in [0.25, 0.3) is 0 Å². The van der Waals surface area contributed by atoms with Crippen LogP contribution in [0.5, 0.6) is 5.75 Å². The molecule has 6 nitrogen and oxygen atoms in total. The molecule has 0 saturated carbocycles. The molecule has 1 aliphatic rings. The Hall–Kier alpha value is -1.15. The van der Waals surface area contributed by atoms with E-state index in [2.05, 4.69) is 4.72 Å². The summed E-state index contributed by atoms with van der Waals surface area (Å²) in [5.74, 6) is 0.512. The van der Waals surface area contributed by atoms with Gasteiger partial charge in [-0.1, -0.05) is 6.07 Å². The third-order valence-electron chi connectivity index (χ3n) is 3.77. The molecule has 1 heterocycles. The highest BCUT2D eigenvalue weighted by atomic mass is 32.2. The number of rotatable bonds is 6. The van der Waals surface area contributed by atoms with E-state index in [4.69, 9.17) is 15.2 Å². The molecule has 0 spiro atoms. The number of sulfonamides is 1. The van der Waals surface area contributed by atoms with Gasteiger partial charge < -0.3 is 15.2 Å². The number of nitrogens with one attached hydrogen (secondary N) is 1. The Morgan fingerprint density at radius 1 is 1.52 bits per heavy atom. The fourth-order valence-electron chi connectivity index (χ4n) is 2.41. The van der Waals surface area contributed by atoms with Crippen molar-refractivity contribution in [3.05, 3.63) is 23.8 Å². The van der Waals surface area contributed by atoms with Gasteiger partial charge in [0.25, 0.3) is 0 Å². The van der Waals surface area contributed by atoms with Crippen LogP contribution in [0, 0.1) is 5.92 Å². The maximum Gasteiger partial charge on any atom is 0.244 e. The third-order valence-corrected chi connectivity index (χ3v) is 5.35. The Balaban J connectivity index is 2.25. The van der Waals surface area contributed by atoms with Crippen LogP contribution >= 0.6 is 0 Å². The largest absolute Gasteiger partial charge is 0.495 e. The first-order valence-corrected chi connectivity index (χ1v) is 8.43. The van der Waals surface area contributed by atoms with Crippen molar-refractivity contribution >= 4 is 10.0 Å². The number of benzene rings is 1. The van der Waals surface area contributed by atoms with Gasteiger partial charge in [-0.05, 0) is 31.0 Å². The van der Waals surface area contributed by atoms with Gasteiger partial charge in [0.15, 0.2) is 0 Å². The molecule has 0 aromatic heterocycles. The summed E-state index contributed by atoms with van der Waals surface area (Å²) >= 11 is 0. The molecule has 21 heavy (non-hydrogen) atoms. The molecule has 118 valence electrons. The van der Waals surface area contributed by atoms with Crippen molar-refractivity contribution in [3.63, 3.8) is 0 Å². The van der Waals surface area contributed by atoms with E-state index in [-0.39, 0.29) is 23.4 Å². The summed E-state index contributed by atoms with van der Waals surface area (Å²) < 4.78 is 38.3. The Kier molecular flexibility index (Phi) is 5.21. The van der Waals surface area contributed by atoms with E-state index in [1.54, 1.807) is 18.2 Å². The van der Waals surface area contributed by atoms with E-state index >= 15 is 0 Å². The van der Waals surface area contributed by atoms with Gasteiger partial charge in [0.05, 0.1) is 13.7 Å². The smallest absolute Gasteiger partial charge is 0.244 e. The fraction of sp³-hybridized carbons (Fsp3) is 0.571. The molecule has 2 unspecified atom stereocenters. The third kappa shape index (κ3) is 3.74. The second kappa shape index (κ2) is 6.74. The summed E-state index contributed by atoms with van der Waals surface area (Å²) in [6, 6.07) is 4.74. The molecule has 1 aliphatic heterocycles. The minimum Gasteiger partial charge on any atom is -0.495 e. The lowest BCUT2D eigenvalue weighted by atomic mass is 10.0. The van der Waals surface area contributed by atoms with Crippen LogP contribution in [0.1, 0.15) is 18.9 Å². The second-order valence-electron chi connectivity index (χ2n) is 5.22. The van der Waals surface area contributed by atoms with Crippen LogP contribution in [-0.4, -0.2) is 34.8 Å². The average Bonchev–Trinajstić information content (AvgIpc) is 3.00. The lowest BCUT2D eigenvalue weighted by Gasteiger charge is -2.20. The number of hydrogen-bond donors (Lipinski definition) is 2. The predicted molar refractivity (Wildman–Crippen MR) is 79.6 cm³/mol. The first-order valence-electron chi connectivity index (χ1n) is 6.95. The van der Waals surface area contributed by atoms with Crippen molar-refractivity contribution in [3.8, 4) is 5.75 Å². The Labute approximate surface area is 125 Å². The standard InChI is InChI=1S/C14H22N2O4S/c1-10(12-5-6-20-9-12)16-21(17,18)14-7-11(8-15)3-4-13(14)19-2/h3-4,7,10,12,16H,5-6,8-9,15H2,1-2H3. The molecule has 0 radical (unpaired) electrons. The summed E-state index contributed by atoms with van der Waals surface area (Å²) in [4.78, 5) is 0.124. The lowest BCUT2D eigenvalue weighted by molar-refractivity contribution is 0.180. The number of hydrogen-bond acceptors (Lipinski definition) is 5. The summed E-state index contributed by atoms with van der Waals surface area (Å²) in [7, 11) is -2.21. The summed E-state index contributed by atoms with van der Waals surface area (Å²) in [5.41, 5.74) is 6.33. The van der Waals surface area contributed by atoms with Crippen molar-refractivity contribution in [2.45, 2.75) is 30.8 Å². The summed E-state index contributed by atoms with van der Waals surface area (Å²) in [6.07, 6.45) is 0.865. The van der Waals surface area contributed by atoms with Crippen LogP contribution in [0.4, 0.5) is 0 Å². The van der Waals surface area contributed by atoms with E-state index in [0.29, 0.717) is 19.0 Å². The molecule has 1 aromatic carbocycles. The average molecular weight is 314 g/mol. The number of ether oxygens (including phenoxy) is 2. The topological polar surface area (TPSA) is 90.7 Å². The molecule has 1 fully saturated rings. The van der Waals surface area contributed by atoms with E-state index in [1.165, 1.54) is 7.11 Å². The summed E-state index contributed by atoms with van der Waals surface area (Å²) in [5, 5.41) is 0. The highest BCUT2D eigenvalue weighted by Crippen LogP contribution is 2.26. The van der Waals surface area contributed by atoms with E-state index < -0.39 is 10.0 Å². The lowest BCUT2D eigenvalue weighted by Crippen LogP contribution is -2.38. The molecule has 7 heteroatoms. The monoisotopic (exact) mass is 314 g/mol. The van der Waals surface area contributed by atoms with Gasteiger partial charge in [-0.3, -0.25) is 0 Å². The van der Waals surface area contributed by atoms with Crippen LogP contribution < -0.4 is 15.2 Å². The molecule has 1 saturated heterocycles.